The summed E-state index contributed by atoms with van der Waals surface area (Å²) in [4.78, 5) is 16.4. The molecule has 0 bridgehead atoms. The van der Waals surface area contributed by atoms with E-state index in [-0.39, 0.29) is 12.0 Å². The lowest BCUT2D eigenvalue weighted by Gasteiger charge is -2.11. The minimum atomic E-state index is -0.142. The number of rotatable bonds is 7. The maximum atomic E-state index is 12.2. The third-order valence-electron chi connectivity index (χ3n) is 4.03. The number of carbonyl (C=O) groups excluding carboxylic acids is 1. The lowest BCUT2D eigenvalue weighted by Crippen LogP contribution is -2.25. The van der Waals surface area contributed by atoms with Crippen LogP contribution in [0.25, 0.3) is 0 Å². The molecule has 3 rings (SSSR count). The van der Waals surface area contributed by atoms with Crippen LogP contribution in [0, 0.1) is 0 Å². The Hall–Kier alpha value is -2.60. The van der Waals surface area contributed by atoms with E-state index in [2.05, 4.69) is 10.3 Å². The summed E-state index contributed by atoms with van der Waals surface area (Å²) >= 11 is 0. The summed E-state index contributed by atoms with van der Waals surface area (Å²) in [6, 6.07) is 11.2. The number of pyridine rings is 1. The van der Waals surface area contributed by atoms with Gasteiger partial charge in [0.2, 0.25) is 5.88 Å². The minimum absolute atomic E-state index is 0.0525. The number of ether oxygens (including phenoxy) is 3. The predicted molar refractivity (Wildman–Crippen MR) is 93.1 cm³/mol. The first-order valence-corrected chi connectivity index (χ1v) is 8.36. The van der Waals surface area contributed by atoms with E-state index < -0.39 is 0 Å². The molecule has 1 unspecified atom stereocenters. The lowest BCUT2D eigenvalue weighted by molar-refractivity contribution is 0.0953. The largest absolute Gasteiger partial charge is 0.497 e. The molecule has 25 heavy (non-hydrogen) atoms. The summed E-state index contributed by atoms with van der Waals surface area (Å²) in [5.41, 5.74) is 1.66. The molecule has 1 N–H and O–H groups in total. The molecule has 1 aliphatic rings. The summed E-state index contributed by atoms with van der Waals surface area (Å²) in [6.45, 7) is 1.87. The molecule has 0 aliphatic carbocycles. The van der Waals surface area contributed by atoms with Crippen LogP contribution in [0.3, 0.4) is 0 Å². The van der Waals surface area contributed by atoms with Gasteiger partial charge in [0.25, 0.3) is 5.91 Å². The Bertz CT molecular complexity index is 680. The van der Waals surface area contributed by atoms with Crippen LogP contribution in [0.5, 0.6) is 11.6 Å². The van der Waals surface area contributed by atoms with Crippen molar-refractivity contribution in [2.45, 2.75) is 18.9 Å². The molecule has 6 heteroatoms. The van der Waals surface area contributed by atoms with Gasteiger partial charge in [0.05, 0.1) is 25.9 Å². The number of hydrogen-bond acceptors (Lipinski definition) is 5. The Balaban J connectivity index is 1.45. The second kappa shape index (κ2) is 8.48. The predicted octanol–water partition coefficient (Wildman–Crippen LogP) is 2.23. The molecule has 132 valence electrons. The molecular weight excluding hydrogens is 320 g/mol. The topological polar surface area (TPSA) is 69.7 Å². The zero-order valence-corrected chi connectivity index (χ0v) is 14.2. The second-order valence-corrected chi connectivity index (χ2v) is 5.84. The number of benzene rings is 1. The third kappa shape index (κ3) is 4.93. The molecule has 1 atom stereocenters. The van der Waals surface area contributed by atoms with Crippen LogP contribution in [-0.4, -0.2) is 43.9 Å². The highest BCUT2D eigenvalue weighted by Crippen LogP contribution is 2.15. The molecule has 1 amide bonds. The Kier molecular flexibility index (Phi) is 5.85. The van der Waals surface area contributed by atoms with E-state index in [0.717, 1.165) is 30.8 Å². The van der Waals surface area contributed by atoms with E-state index >= 15 is 0 Å². The third-order valence-corrected chi connectivity index (χ3v) is 4.03. The van der Waals surface area contributed by atoms with Crippen LogP contribution < -0.4 is 14.8 Å². The molecule has 2 heterocycles. The van der Waals surface area contributed by atoms with Gasteiger partial charge in [-0.15, -0.1) is 0 Å². The van der Waals surface area contributed by atoms with E-state index in [1.807, 2.05) is 24.3 Å². The highest BCUT2D eigenvalue weighted by molar-refractivity contribution is 5.93. The Morgan fingerprint density at radius 2 is 2.12 bits per heavy atom. The number of hydrogen-bond donors (Lipinski definition) is 1. The quantitative estimate of drug-likeness (QED) is 0.836. The highest BCUT2D eigenvalue weighted by Gasteiger charge is 2.17. The molecule has 1 aromatic heterocycles. The standard InChI is InChI=1S/C19H22N2O4/c1-23-16-5-2-14(3-6-16)8-10-20-19(22)15-4-7-18(21-12-15)25-17-9-11-24-13-17/h2-7,12,17H,8-11,13H2,1H3,(H,20,22). The van der Waals surface area contributed by atoms with Crippen LogP contribution in [-0.2, 0) is 11.2 Å². The average molecular weight is 342 g/mol. The van der Waals surface area contributed by atoms with Gasteiger partial charge in [0.1, 0.15) is 11.9 Å². The Morgan fingerprint density at radius 1 is 1.28 bits per heavy atom. The summed E-state index contributed by atoms with van der Waals surface area (Å²) in [5, 5.41) is 2.90. The summed E-state index contributed by atoms with van der Waals surface area (Å²) < 4.78 is 16.1. The highest BCUT2D eigenvalue weighted by atomic mass is 16.5. The van der Waals surface area contributed by atoms with Crippen LogP contribution in [0.1, 0.15) is 22.3 Å². The van der Waals surface area contributed by atoms with Crippen LogP contribution in [0.15, 0.2) is 42.6 Å². The molecule has 0 spiro atoms. The first kappa shape index (κ1) is 17.2. The number of aromatic nitrogens is 1. The zero-order valence-electron chi connectivity index (χ0n) is 14.2. The van der Waals surface area contributed by atoms with Crippen molar-refractivity contribution in [1.29, 1.82) is 0 Å². The molecular formula is C19H22N2O4. The van der Waals surface area contributed by atoms with Crippen molar-refractivity contribution >= 4 is 5.91 Å². The maximum Gasteiger partial charge on any atom is 0.252 e. The van der Waals surface area contributed by atoms with Gasteiger partial charge in [-0.1, -0.05) is 12.1 Å². The SMILES string of the molecule is COc1ccc(CCNC(=O)c2ccc(OC3CCOC3)nc2)cc1. The Labute approximate surface area is 147 Å². The minimum Gasteiger partial charge on any atom is -0.497 e. The van der Waals surface area contributed by atoms with E-state index in [0.29, 0.717) is 24.6 Å². The van der Waals surface area contributed by atoms with Crippen molar-refractivity contribution in [2.75, 3.05) is 26.9 Å². The number of methoxy groups -OCH3 is 1. The van der Waals surface area contributed by atoms with Gasteiger partial charge in [0.15, 0.2) is 0 Å². The van der Waals surface area contributed by atoms with Crippen molar-refractivity contribution in [2.24, 2.45) is 0 Å². The summed E-state index contributed by atoms with van der Waals surface area (Å²) in [5.74, 6) is 1.20. The van der Waals surface area contributed by atoms with Crippen molar-refractivity contribution in [3.05, 3.63) is 53.7 Å². The van der Waals surface area contributed by atoms with Crippen LogP contribution in [0.4, 0.5) is 0 Å². The fraction of sp³-hybridized carbons (Fsp3) is 0.368. The number of nitrogens with one attached hydrogen (secondary N) is 1. The molecule has 1 aromatic carbocycles. The van der Waals surface area contributed by atoms with Gasteiger partial charge in [-0.05, 0) is 30.2 Å². The van der Waals surface area contributed by atoms with Crippen molar-refractivity contribution in [1.82, 2.24) is 10.3 Å². The van der Waals surface area contributed by atoms with Gasteiger partial charge >= 0.3 is 0 Å². The van der Waals surface area contributed by atoms with Gasteiger partial charge < -0.3 is 19.5 Å². The van der Waals surface area contributed by atoms with Crippen molar-refractivity contribution in [3.63, 3.8) is 0 Å². The van der Waals surface area contributed by atoms with Crippen LogP contribution >= 0.6 is 0 Å². The smallest absolute Gasteiger partial charge is 0.252 e. The Morgan fingerprint density at radius 3 is 2.76 bits per heavy atom. The molecule has 0 radical (unpaired) electrons. The first-order chi connectivity index (χ1) is 12.2. The summed E-state index contributed by atoms with van der Waals surface area (Å²) in [7, 11) is 1.64. The van der Waals surface area contributed by atoms with E-state index in [4.69, 9.17) is 14.2 Å². The molecule has 2 aromatic rings. The molecule has 1 aliphatic heterocycles. The summed E-state index contributed by atoms with van der Waals surface area (Å²) in [6.07, 6.45) is 3.21. The van der Waals surface area contributed by atoms with Gasteiger partial charge in [-0.25, -0.2) is 4.98 Å². The van der Waals surface area contributed by atoms with E-state index in [9.17, 15) is 4.79 Å². The lowest BCUT2D eigenvalue weighted by atomic mass is 10.1. The van der Waals surface area contributed by atoms with Crippen LogP contribution in [0.2, 0.25) is 0 Å². The molecule has 0 saturated carbocycles. The monoisotopic (exact) mass is 342 g/mol. The van der Waals surface area contributed by atoms with Crippen molar-refractivity contribution < 1.29 is 19.0 Å². The van der Waals surface area contributed by atoms with Gasteiger partial charge in [-0.2, -0.15) is 0 Å². The van der Waals surface area contributed by atoms with Crippen molar-refractivity contribution in [3.8, 4) is 11.6 Å². The average Bonchev–Trinajstić information content (AvgIpc) is 3.16. The molecule has 1 fully saturated rings. The number of nitrogens with zero attached hydrogens (tertiary/aromatic N) is 1. The number of amides is 1. The molecule has 6 nitrogen and oxygen atoms in total. The van der Waals surface area contributed by atoms with E-state index in [1.165, 1.54) is 6.20 Å². The fourth-order valence-electron chi connectivity index (χ4n) is 2.58. The zero-order chi connectivity index (χ0) is 17.5. The fourth-order valence-corrected chi connectivity index (χ4v) is 2.58. The number of carbonyl (C=O) groups is 1. The maximum absolute atomic E-state index is 12.2. The molecule has 1 saturated heterocycles. The second-order valence-electron chi connectivity index (χ2n) is 5.84. The van der Waals surface area contributed by atoms with E-state index in [1.54, 1.807) is 19.2 Å². The first-order valence-electron chi connectivity index (χ1n) is 8.36. The van der Waals surface area contributed by atoms with Gasteiger partial charge in [-0.3, -0.25) is 4.79 Å². The van der Waals surface area contributed by atoms with Gasteiger partial charge in [0, 0.05) is 25.2 Å². The normalized spacial score (nSPS) is 16.4.